The minimum atomic E-state index is -2.15. The number of aromatic amines is 2. The minimum absolute atomic E-state index is 0.0122. The number of nitrogens with zero attached hydrogens (tertiary/aromatic N) is 5. The van der Waals surface area contributed by atoms with Crippen LogP contribution in [0.5, 0.6) is 11.5 Å². The Hall–Kier alpha value is -5.57. The summed E-state index contributed by atoms with van der Waals surface area (Å²) in [5.41, 5.74) is 6.76. The molecule has 3 aromatic carbocycles. The van der Waals surface area contributed by atoms with Crippen molar-refractivity contribution in [3.63, 3.8) is 0 Å². The Morgan fingerprint density at radius 1 is 1.05 bits per heavy atom. The Bertz CT molecular complexity index is 2640. The average molecular weight is 833 g/mol. The number of carbonyl (C=O) groups excluding carboxylic acids is 1. The third-order valence-corrected chi connectivity index (χ3v) is 13.5. The Balaban J connectivity index is 0.949. The van der Waals surface area contributed by atoms with Gasteiger partial charge in [0.1, 0.15) is 23.0 Å². The third-order valence-electron chi connectivity index (χ3n) is 12.2. The van der Waals surface area contributed by atoms with Gasteiger partial charge in [-0.15, -0.1) is 0 Å². The molecule has 1 unspecified atom stereocenters. The van der Waals surface area contributed by atoms with E-state index in [-0.39, 0.29) is 33.3 Å². The van der Waals surface area contributed by atoms with E-state index in [4.69, 9.17) is 16.3 Å². The maximum Gasteiger partial charge on any atom is 0.298 e. The number of ether oxygens (including phenoxy) is 1. The monoisotopic (exact) mass is 832 g/mol. The van der Waals surface area contributed by atoms with Crippen molar-refractivity contribution in [3.8, 4) is 11.5 Å². The highest BCUT2D eigenvalue weighted by Gasteiger charge is 2.41. The molecule has 9 rings (SSSR count). The second kappa shape index (κ2) is 15.9. The molecule has 0 bridgehead atoms. The lowest BCUT2D eigenvalue weighted by molar-refractivity contribution is -0.383. The number of hydrogen-bond donors (Lipinski definition) is 3. The van der Waals surface area contributed by atoms with Crippen LogP contribution in [0.15, 0.2) is 89.6 Å². The number of nitro benzene ring substituents is 1. The summed E-state index contributed by atoms with van der Waals surface area (Å²) in [6, 6.07) is 20.2. The number of non-ortho nitro benzene ring substituents is 1. The third kappa shape index (κ3) is 7.96. The summed E-state index contributed by atoms with van der Waals surface area (Å²) in [6.07, 6.45) is 10.9. The number of nitro groups is 1. The first-order chi connectivity index (χ1) is 28.5. The molecule has 59 heavy (non-hydrogen) atoms. The van der Waals surface area contributed by atoms with E-state index in [1.807, 2.05) is 50.2 Å². The molecule has 1 atom stereocenters. The number of nitrogens with one attached hydrogen (secondary N) is 3. The molecular weight excluding hydrogens is 788 g/mol. The number of fused-ring (bicyclic) bond motifs is 2. The summed E-state index contributed by atoms with van der Waals surface area (Å²) in [5.74, 6) is 0.578. The maximum atomic E-state index is 13.9. The van der Waals surface area contributed by atoms with Gasteiger partial charge in [0.25, 0.3) is 11.6 Å². The smallest absolute Gasteiger partial charge is 0.298 e. The second-order valence-electron chi connectivity index (χ2n) is 16.3. The van der Waals surface area contributed by atoms with Gasteiger partial charge in [0.05, 0.1) is 27.1 Å². The molecular formula is C44H45ClN8O5S. The van der Waals surface area contributed by atoms with Gasteiger partial charge < -0.3 is 19.6 Å². The van der Waals surface area contributed by atoms with Crippen molar-refractivity contribution in [2.75, 3.05) is 37.6 Å². The quantitative estimate of drug-likeness (QED) is 0.0853. The predicted molar refractivity (Wildman–Crippen MR) is 230 cm³/mol. The van der Waals surface area contributed by atoms with Crippen LogP contribution >= 0.6 is 11.6 Å². The summed E-state index contributed by atoms with van der Waals surface area (Å²) in [5, 5.41) is 13.6. The Morgan fingerprint density at radius 3 is 2.58 bits per heavy atom. The number of anilines is 1. The van der Waals surface area contributed by atoms with Crippen molar-refractivity contribution in [3.05, 3.63) is 117 Å². The largest absolute Gasteiger partial charge is 0.455 e. The van der Waals surface area contributed by atoms with Crippen molar-refractivity contribution in [1.82, 2.24) is 29.6 Å². The summed E-state index contributed by atoms with van der Waals surface area (Å²) in [7, 11) is -2.15. The topological polar surface area (TPSA) is 162 Å². The van der Waals surface area contributed by atoms with E-state index in [0.29, 0.717) is 28.2 Å². The summed E-state index contributed by atoms with van der Waals surface area (Å²) >= 11 is 6.28. The molecule has 2 aliphatic carbocycles. The van der Waals surface area contributed by atoms with E-state index in [1.165, 1.54) is 54.5 Å². The van der Waals surface area contributed by atoms with Gasteiger partial charge in [-0.3, -0.25) is 24.5 Å². The van der Waals surface area contributed by atoms with E-state index in [1.54, 1.807) is 18.5 Å². The number of pyridine rings is 1. The van der Waals surface area contributed by atoms with Crippen LogP contribution in [0.1, 0.15) is 80.0 Å². The summed E-state index contributed by atoms with van der Waals surface area (Å²) in [4.78, 5) is 45.3. The van der Waals surface area contributed by atoms with Crippen LogP contribution in [-0.2, 0) is 11.0 Å². The van der Waals surface area contributed by atoms with Gasteiger partial charge in [0, 0.05) is 73.1 Å². The lowest BCUT2D eigenvalue weighted by atomic mass is 9.59. The SMILES string of the molecule is CC(C)c1nc2c([N+](=O)[O-])cc(S(=O)NC(=O)c3ccc(N4CCN(CC5=C(c6ccc(Cl)cc6)CC6(CCC6)CC5)CC4)cc3Oc3cnc4[nH]ccc4c3)cc2[nH]1. The van der Waals surface area contributed by atoms with Crippen molar-refractivity contribution in [2.45, 2.75) is 63.2 Å². The zero-order chi connectivity index (χ0) is 40.8. The molecule has 15 heteroatoms. The average Bonchev–Trinajstić information content (AvgIpc) is 3.88. The number of rotatable bonds is 11. The first-order valence-corrected chi connectivity index (χ1v) is 21.6. The molecule has 1 saturated heterocycles. The lowest BCUT2D eigenvalue weighted by Gasteiger charge is -2.47. The number of amides is 1. The fraction of sp³-hybridized carbons (Fsp3) is 0.341. The number of piperazine rings is 1. The van der Waals surface area contributed by atoms with Crippen LogP contribution < -0.4 is 14.4 Å². The molecule has 3 aromatic heterocycles. The van der Waals surface area contributed by atoms with E-state index >= 15 is 0 Å². The van der Waals surface area contributed by atoms with Gasteiger partial charge in [0.2, 0.25) is 0 Å². The van der Waals surface area contributed by atoms with E-state index < -0.39 is 21.8 Å². The van der Waals surface area contributed by atoms with Crippen LogP contribution in [0.2, 0.25) is 5.02 Å². The van der Waals surface area contributed by atoms with Crippen molar-refractivity contribution in [2.24, 2.45) is 5.41 Å². The number of carbonyl (C=O) groups is 1. The van der Waals surface area contributed by atoms with Crippen LogP contribution in [-0.4, -0.2) is 72.6 Å². The highest BCUT2D eigenvalue weighted by Crippen LogP contribution is 2.55. The fourth-order valence-electron chi connectivity index (χ4n) is 8.72. The normalized spacial score (nSPS) is 17.5. The fourth-order valence-corrected chi connectivity index (χ4v) is 9.68. The van der Waals surface area contributed by atoms with Gasteiger partial charge >= 0.3 is 0 Å². The zero-order valence-corrected chi connectivity index (χ0v) is 34.5. The molecule has 304 valence electrons. The number of aromatic nitrogens is 4. The number of hydrogen-bond acceptors (Lipinski definition) is 9. The minimum Gasteiger partial charge on any atom is -0.455 e. The molecule has 3 aliphatic rings. The first kappa shape index (κ1) is 38.9. The van der Waals surface area contributed by atoms with Crippen molar-refractivity contribution in [1.29, 1.82) is 0 Å². The van der Waals surface area contributed by atoms with Crippen LogP contribution in [0, 0.1) is 15.5 Å². The second-order valence-corrected chi connectivity index (χ2v) is 18.0. The van der Waals surface area contributed by atoms with E-state index in [2.05, 4.69) is 46.6 Å². The number of benzene rings is 3. The molecule has 3 N–H and O–H groups in total. The highest BCUT2D eigenvalue weighted by molar-refractivity contribution is 7.83. The number of H-pyrrole nitrogens is 2. The number of imidazole rings is 1. The Kier molecular flexibility index (Phi) is 10.5. The molecule has 1 aliphatic heterocycles. The van der Waals surface area contributed by atoms with Gasteiger partial charge in [-0.2, -0.15) is 0 Å². The molecule has 0 radical (unpaired) electrons. The van der Waals surface area contributed by atoms with Crippen LogP contribution in [0.3, 0.4) is 0 Å². The summed E-state index contributed by atoms with van der Waals surface area (Å²) in [6.45, 7) is 8.09. The number of halogens is 1. The number of allylic oxidation sites excluding steroid dienone is 1. The molecule has 4 heterocycles. The zero-order valence-electron chi connectivity index (χ0n) is 32.9. The molecule has 1 spiro atoms. The van der Waals surface area contributed by atoms with Crippen molar-refractivity contribution < 1.29 is 18.7 Å². The van der Waals surface area contributed by atoms with Gasteiger partial charge in [-0.05, 0) is 91.1 Å². The lowest BCUT2D eigenvalue weighted by Crippen LogP contribution is -2.47. The Morgan fingerprint density at radius 2 is 1.85 bits per heavy atom. The van der Waals surface area contributed by atoms with E-state index in [0.717, 1.165) is 61.7 Å². The first-order valence-electron chi connectivity index (χ1n) is 20.1. The van der Waals surface area contributed by atoms with Crippen molar-refractivity contribution >= 4 is 67.5 Å². The molecule has 13 nitrogen and oxygen atoms in total. The van der Waals surface area contributed by atoms with E-state index in [9.17, 15) is 19.1 Å². The van der Waals surface area contributed by atoms with Gasteiger partial charge in [0.15, 0.2) is 16.5 Å². The van der Waals surface area contributed by atoms with Gasteiger partial charge in [-0.1, -0.05) is 49.6 Å². The maximum absolute atomic E-state index is 13.9. The highest BCUT2D eigenvalue weighted by atomic mass is 35.5. The van der Waals surface area contributed by atoms with Gasteiger partial charge in [-0.25, -0.2) is 14.2 Å². The van der Waals surface area contributed by atoms with Crippen LogP contribution in [0.25, 0.3) is 27.6 Å². The standard InChI is InChI=1S/C44H45ClN8O5S/c1-27(2)41-48-37-22-34(23-38(53(55)56)40(37)49-41)59(57)50-43(54)35-9-8-32(21-39(35)58-33-20-29-11-15-46-42(29)47-25-33)52-18-16-51(17-19-52)26-30-10-14-44(12-3-13-44)24-36(30)28-4-6-31(45)7-5-28/h4-9,11,15,20-23,25,27H,3,10,12-14,16-19,24,26H2,1-2H3,(H,46,47)(H,48,49)(H,50,54). The molecule has 1 saturated carbocycles. The summed E-state index contributed by atoms with van der Waals surface area (Å²) < 4.78 is 22.6. The molecule has 6 aromatic rings. The Labute approximate surface area is 348 Å². The molecule has 2 fully saturated rings. The molecule has 1 amide bonds. The van der Waals surface area contributed by atoms with Crippen LogP contribution in [0.4, 0.5) is 11.4 Å². The predicted octanol–water partition coefficient (Wildman–Crippen LogP) is 9.30.